The fourth-order valence-corrected chi connectivity index (χ4v) is 1.89. The first-order valence-electron chi connectivity index (χ1n) is 6.15. The Morgan fingerprint density at radius 1 is 1.33 bits per heavy atom. The zero-order valence-corrected chi connectivity index (χ0v) is 11.5. The van der Waals surface area contributed by atoms with Crippen molar-refractivity contribution < 1.29 is 0 Å². The Morgan fingerprint density at radius 3 is 2.72 bits per heavy atom. The van der Waals surface area contributed by atoms with E-state index < -0.39 is 0 Å². The van der Waals surface area contributed by atoms with Gasteiger partial charge in [0.2, 0.25) is 5.95 Å². The Morgan fingerprint density at radius 2 is 2.06 bits per heavy atom. The van der Waals surface area contributed by atoms with E-state index in [4.69, 9.17) is 11.6 Å². The van der Waals surface area contributed by atoms with Gasteiger partial charge in [-0.25, -0.2) is 9.99 Å². The molecule has 1 aromatic rings. The standard InChI is InChI=1S/C11H19ClN6/c1-3-13-11-14-8-9(12)10(15-11)16-18-6-4-17(2)5-7-18/h8H,3-7H2,1-2H3,(H2,13,14,15,16). The molecule has 0 spiro atoms. The van der Waals surface area contributed by atoms with Crippen molar-refractivity contribution in [3.05, 3.63) is 11.2 Å². The molecule has 1 aliphatic rings. The highest BCUT2D eigenvalue weighted by Crippen LogP contribution is 2.20. The third-order valence-electron chi connectivity index (χ3n) is 2.85. The summed E-state index contributed by atoms with van der Waals surface area (Å²) in [4.78, 5) is 10.8. The van der Waals surface area contributed by atoms with Crippen molar-refractivity contribution >= 4 is 23.4 Å². The van der Waals surface area contributed by atoms with Crippen LogP contribution in [0.1, 0.15) is 6.92 Å². The van der Waals surface area contributed by atoms with Crippen LogP contribution >= 0.6 is 11.6 Å². The van der Waals surface area contributed by atoms with Gasteiger partial charge in [-0.15, -0.1) is 0 Å². The molecule has 1 fully saturated rings. The lowest BCUT2D eigenvalue weighted by molar-refractivity contribution is 0.178. The van der Waals surface area contributed by atoms with Crippen molar-refractivity contribution in [1.82, 2.24) is 19.9 Å². The fourth-order valence-electron chi connectivity index (χ4n) is 1.76. The van der Waals surface area contributed by atoms with E-state index in [0.717, 1.165) is 32.7 Å². The largest absolute Gasteiger partial charge is 0.354 e. The summed E-state index contributed by atoms with van der Waals surface area (Å²) in [5.74, 6) is 1.26. The number of hydrazine groups is 1. The molecule has 6 nitrogen and oxygen atoms in total. The van der Waals surface area contributed by atoms with Crippen LogP contribution < -0.4 is 10.7 Å². The van der Waals surface area contributed by atoms with Gasteiger partial charge >= 0.3 is 0 Å². The lowest BCUT2D eigenvalue weighted by Gasteiger charge is -2.32. The summed E-state index contributed by atoms with van der Waals surface area (Å²) in [7, 11) is 2.12. The molecular formula is C11H19ClN6. The normalized spacial score (nSPS) is 17.7. The third-order valence-corrected chi connectivity index (χ3v) is 3.12. The lowest BCUT2D eigenvalue weighted by atomic mass is 10.4. The molecule has 0 unspecified atom stereocenters. The van der Waals surface area contributed by atoms with Crippen LogP contribution in [0.25, 0.3) is 0 Å². The number of aromatic nitrogens is 2. The highest BCUT2D eigenvalue weighted by Gasteiger charge is 2.15. The van der Waals surface area contributed by atoms with Gasteiger partial charge < -0.3 is 15.6 Å². The van der Waals surface area contributed by atoms with E-state index in [2.05, 4.69) is 37.7 Å². The molecule has 0 radical (unpaired) electrons. The van der Waals surface area contributed by atoms with Gasteiger partial charge in [0.05, 0.1) is 6.20 Å². The fraction of sp³-hybridized carbons (Fsp3) is 0.636. The quantitative estimate of drug-likeness (QED) is 0.856. The summed E-state index contributed by atoms with van der Waals surface area (Å²) in [6, 6.07) is 0. The van der Waals surface area contributed by atoms with Gasteiger partial charge in [-0.05, 0) is 14.0 Å². The molecule has 1 saturated heterocycles. The summed E-state index contributed by atoms with van der Waals surface area (Å²) in [6.07, 6.45) is 1.62. The lowest BCUT2D eigenvalue weighted by Crippen LogP contribution is -2.47. The van der Waals surface area contributed by atoms with Crippen molar-refractivity contribution in [2.75, 3.05) is 50.5 Å². The Bertz CT molecular complexity index is 391. The highest BCUT2D eigenvalue weighted by molar-refractivity contribution is 6.32. The first-order valence-corrected chi connectivity index (χ1v) is 6.53. The molecule has 2 rings (SSSR count). The molecule has 1 aliphatic heterocycles. The number of likely N-dealkylation sites (N-methyl/N-ethyl adjacent to an activating group) is 1. The van der Waals surface area contributed by atoms with Crippen LogP contribution in [0.15, 0.2) is 6.20 Å². The average molecular weight is 271 g/mol. The predicted octanol–water partition coefficient (Wildman–Crippen LogP) is 1.14. The van der Waals surface area contributed by atoms with Crippen molar-refractivity contribution in [3.63, 3.8) is 0 Å². The summed E-state index contributed by atoms with van der Waals surface area (Å²) >= 11 is 6.09. The maximum absolute atomic E-state index is 6.09. The van der Waals surface area contributed by atoms with Crippen LogP contribution in [0.3, 0.4) is 0 Å². The summed E-state index contributed by atoms with van der Waals surface area (Å²) < 4.78 is 0. The van der Waals surface area contributed by atoms with E-state index in [0.29, 0.717) is 16.8 Å². The highest BCUT2D eigenvalue weighted by atomic mass is 35.5. The minimum atomic E-state index is 0.538. The van der Waals surface area contributed by atoms with Gasteiger partial charge in [-0.2, -0.15) is 4.98 Å². The van der Waals surface area contributed by atoms with E-state index in [1.165, 1.54) is 0 Å². The molecule has 0 aromatic carbocycles. The van der Waals surface area contributed by atoms with Crippen LogP contribution in [0.5, 0.6) is 0 Å². The molecule has 0 saturated carbocycles. The molecule has 2 N–H and O–H groups in total. The van der Waals surface area contributed by atoms with E-state index in [-0.39, 0.29) is 0 Å². The first kappa shape index (κ1) is 13.3. The summed E-state index contributed by atoms with van der Waals surface area (Å²) in [6.45, 7) is 6.77. The number of rotatable bonds is 4. The van der Waals surface area contributed by atoms with E-state index in [1.807, 2.05) is 6.92 Å². The second-order valence-corrected chi connectivity index (χ2v) is 4.73. The molecule has 7 heteroatoms. The van der Waals surface area contributed by atoms with Crippen molar-refractivity contribution in [3.8, 4) is 0 Å². The Kier molecular flexibility index (Phi) is 4.57. The number of anilines is 2. The smallest absolute Gasteiger partial charge is 0.224 e. The topological polar surface area (TPSA) is 56.3 Å². The number of hydrogen-bond acceptors (Lipinski definition) is 6. The van der Waals surface area contributed by atoms with E-state index in [9.17, 15) is 0 Å². The number of halogens is 1. The molecule has 2 heterocycles. The molecule has 0 atom stereocenters. The molecule has 0 aliphatic carbocycles. The van der Waals surface area contributed by atoms with Crippen molar-refractivity contribution in [2.24, 2.45) is 0 Å². The zero-order valence-electron chi connectivity index (χ0n) is 10.8. The van der Waals surface area contributed by atoms with Gasteiger partial charge in [0.15, 0.2) is 5.82 Å². The van der Waals surface area contributed by atoms with Crippen molar-refractivity contribution in [2.45, 2.75) is 6.92 Å². The number of piperazine rings is 1. The Balaban J connectivity index is 2.01. The van der Waals surface area contributed by atoms with Crippen LogP contribution in [0.4, 0.5) is 11.8 Å². The summed E-state index contributed by atoms with van der Waals surface area (Å²) in [5, 5.41) is 5.74. The molecule has 18 heavy (non-hydrogen) atoms. The molecule has 0 amide bonds. The SMILES string of the molecule is CCNc1ncc(Cl)c(NN2CCN(C)CC2)n1. The second kappa shape index (κ2) is 6.17. The van der Waals surface area contributed by atoms with Crippen LogP contribution in [-0.4, -0.2) is 59.6 Å². The number of hydrogen-bond donors (Lipinski definition) is 2. The van der Waals surface area contributed by atoms with Gasteiger partial charge in [0.25, 0.3) is 0 Å². The van der Waals surface area contributed by atoms with Crippen LogP contribution in [0, 0.1) is 0 Å². The third kappa shape index (κ3) is 3.44. The van der Waals surface area contributed by atoms with Gasteiger partial charge in [-0.1, -0.05) is 11.6 Å². The Labute approximate surface area is 112 Å². The summed E-state index contributed by atoms with van der Waals surface area (Å²) in [5.41, 5.74) is 3.25. The molecule has 0 bridgehead atoms. The number of nitrogens with one attached hydrogen (secondary N) is 2. The molecule has 1 aromatic heterocycles. The van der Waals surface area contributed by atoms with Crippen LogP contribution in [0.2, 0.25) is 5.02 Å². The number of nitrogens with zero attached hydrogens (tertiary/aromatic N) is 4. The van der Waals surface area contributed by atoms with Gasteiger partial charge in [0.1, 0.15) is 5.02 Å². The maximum atomic E-state index is 6.09. The minimum absolute atomic E-state index is 0.538. The predicted molar refractivity (Wildman–Crippen MR) is 73.9 cm³/mol. The van der Waals surface area contributed by atoms with Gasteiger partial charge in [0, 0.05) is 32.7 Å². The van der Waals surface area contributed by atoms with E-state index in [1.54, 1.807) is 6.20 Å². The Hall–Kier alpha value is -1.11. The van der Waals surface area contributed by atoms with Crippen LogP contribution in [-0.2, 0) is 0 Å². The first-order chi connectivity index (χ1) is 8.69. The molecule has 100 valence electrons. The zero-order chi connectivity index (χ0) is 13.0. The van der Waals surface area contributed by atoms with E-state index >= 15 is 0 Å². The minimum Gasteiger partial charge on any atom is -0.354 e. The monoisotopic (exact) mass is 270 g/mol. The van der Waals surface area contributed by atoms with Gasteiger partial charge in [-0.3, -0.25) is 0 Å². The average Bonchev–Trinajstić information content (AvgIpc) is 2.36. The molecular weight excluding hydrogens is 252 g/mol. The van der Waals surface area contributed by atoms with Crippen molar-refractivity contribution in [1.29, 1.82) is 0 Å². The maximum Gasteiger partial charge on any atom is 0.224 e. The second-order valence-electron chi connectivity index (χ2n) is 4.32.